The molecule has 1 rings (SSSR count). The highest BCUT2D eigenvalue weighted by Gasteiger charge is 2.51. The van der Waals surface area contributed by atoms with Crippen LogP contribution in [0.25, 0.3) is 0 Å². The fraction of sp³-hybridized carbons (Fsp3) is 0.700. The van der Waals surface area contributed by atoms with Crippen molar-refractivity contribution in [3.05, 3.63) is 12.2 Å². The lowest BCUT2D eigenvalue weighted by Crippen LogP contribution is -2.50. The maximum atomic E-state index is 12.2. The first-order chi connectivity index (χ1) is 7.32. The van der Waals surface area contributed by atoms with Crippen LogP contribution in [-0.4, -0.2) is 31.5 Å². The van der Waals surface area contributed by atoms with Crippen LogP contribution in [0.4, 0.5) is 13.2 Å². The number of rotatable bonds is 4. The average molecular weight is 238 g/mol. The second-order valence-electron chi connectivity index (χ2n) is 3.76. The molecular weight excluding hydrogens is 225 g/mol. The molecule has 0 saturated carbocycles. The summed E-state index contributed by atoms with van der Waals surface area (Å²) in [4.78, 5) is 10.9. The van der Waals surface area contributed by atoms with Crippen LogP contribution in [0, 0.1) is 5.92 Å². The van der Waals surface area contributed by atoms with Crippen LogP contribution in [0.3, 0.4) is 0 Å². The molecule has 0 bridgehead atoms. The van der Waals surface area contributed by atoms with E-state index in [0.717, 1.165) is 0 Å². The molecule has 0 aliphatic carbocycles. The normalized spacial score (nSPS) is 24.8. The minimum atomic E-state index is -4.33. The number of carbonyl (C=O) groups excluding carboxylic acids is 1. The predicted octanol–water partition coefficient (Wildman–Crippen LogP) is 2.07. The van der Waals surface area contributed by atoms with Gasteiger partial charge < -0.3 is 9.47 Å². The largest absolute Gasteiger partial charge is 0.462 e. The van der Waals surface area contributed by atoms with Gasteiger partial charge in [0.2, 0.25) is 0 Å². The maximum absolute atomic E-state index is 12.2. The minimum absolute atomic E-state index is 0.0354. The van der Waals surface area contributed by atoms with Crippen molar-refractivity contribution >= 4 is 5.97 Å². The van der Waals surface area contributed by atoms with Crippen LogP contribution in [-0.2, 0) is 14.3 Å². The summed E-state index contributed by atoms with van der Waals surface area (Å²) in [6.45, 7) is 4.87. The summed E-state index contributed by atoms with van der Waals surface area (Å²) in [6, 6.07) is 0. The SMILES string of the molecule is C=C(C)C(=O)OCCC1COC1C(F)(F)F. The first-order valence-electron chi connectivity index (χ1n) is 4.83. The van der Waals surface area contributed by atoms with Crippen molar-refractivity contribution in [3.8, 4) is 0 Å². The molecule has 0 spiro atoms. The van der Waals surface area contributed by atoms with E-state index in [1.807, 2.05) is 0 Å². The zero-order valence-corrected chi connectivity index (χ0v) is 8.84. The lowest BCUT2D eigenvalue weighted by Gasteiger charge is -2.37. The van der Waals surface area contributed by atoms with E-state index in [1.165, 1.54) is 6.92 Å². The van der Waals surface area contributed by atoms with Gasteiger partial charge in [-0.15, -0.1) is 0 Å². The standard InChI is InChI=1S/C10H13F3O3/c1-6(2)9(14)15-4-3-7-5-16-8(7)10(11,12)13/h7-8H,1,3-5H2,2H3. The van der Waals surface area contributed by atoms with Crippen LogP contribution in [0.5, 0.6) is 0 Å². The van der Waals surface area contributed by atoms with Crippen LogP contribution >= 0.6 is 0 Å². The molecule has 16 heavy (non-hydrogen) atoms. The van der Waals surface area contributed by atoms with E-state index >= 15 is 0 Å². The average Bonchev–Trinajstić information content (AvgIpc) is 2.06. The van der Waals surface area contributed by atoms with Gasteiger partial charge in [0.15, 0.2) is 6.10 Å². The van der Waals surface area contributed by atoms with Crippen molar-refractivity contribution < 1.29 is 27.4 Å². The molecule has 0 aromatic carbocycles. The number of hydrogen-bond acceptors (Lipinski definition) is 3. The van der Waals surface area contributed by atoms with E-state index in [4.69, 9.17) is 4.74 Å². The monoisotopic (exact) mass is 238 g/mol. The number of ether oxygens (including phenoxy) is 2. The van der Waals surface area contributed by atoms with Crippen LogP contribution in [0.1, 0.15) is 13.3 Å². The molecule has 1 saturated heterocycles. The van der Waals surface area contributed by atoms with Crippen LogP contribution < -0.4 is 0 Å². The van der Waals surface area contributed by atoms with E-state index in [2.05, 4.69) is 11.3 Å². The second kappa shape index (κ2) is 4.86. The Kier molecular flexibility index (Phi) is 3.96. The van der Waals surface area contributed by atoms with Crippen molar-refractivity contribution in [1.82, 2.24) is 0 Å². The highest BCUT2D eigenvalue weighted by atomic mass is 19.4. The molecule has 0 N–H and O–H groups in total. The summed E-state index contributed by atoms with van der Waals surface area (Å²) >= 11 is 0. The maximum Gasteiger partial charge on any atom is 0.414 e. The van der Waals surface area contributed by atoms with Crippen molar-refractivity contribution in [3.63, 3.8) is 0 Å². The summed E-state index contributed by atoms with van der Waals surface area (Å²) < 4.78 is 45.8. The molecule has 1 heterocycles. The van der Waals surface area contributed by atoms with Crippen molar-refractivity contribution in [2.24, 2.45) is 5.92 Å². The highest BCUT2D eigenvalue weighted by molar-refractivity contribution is 5.86. The molecule has 1 fully saturated rings. The molecule has 1 aliphatic rings. The Hall–Kier alpha value is -1.04. The van der Waals surface area contributed by atoms with Gasteiger partial charge in [-0.2, -0.15) is 13.2 Å². The van der Waals surface area contributed by atoms with Gasteiger partial charge in [-0.25, -0.2) is 4.79 Å². The second-order valence-corrected chi connectivity index (χ2v) is 3.76. The minimum Gasteiger partial charge on any atom is -0.462 e. The fourth-order valence-electron chi connectivity index (χ4n) is 1.35. The summed E-state index contributed by atoms with van der Waals surface area (Å²) in [5, 5.41) is 0. The number of esters is 1. The smallest absolute Gasteiger partial charge is 0.414 e. The summed E-state index contributed by atoms with van der Waals surface area (Å²) in [5.41, 5.74) is 0.234. The van der Waals surface area contributed by atoms with E-state index in [0.29, 0.717) is 0 Å². The highest BCUT2D eigenvalue weighted by Crippen LogP contribution is 2.36. The molecular formula is C10H13F3O3. The third-order valence-electron chi connectivity index (χ3n) is 2.31. The molecule has 6 heteroatoms. The molecule has 0 radical (unpaired) electrons. The molecule has 3 nitrogen and oxygen atoms in total. The summed E-state index contributed by atoms with van der Waals surface area (Å²) in [6.07, 6.45) is -5.89. The van der Waals surface area contributed by atoms with Gasteiger partial charge >= 0.3 is 12.1 Å². The Morgan fingerprint density at radius 1 is 1.56 bits per heavy atom. The Morgan fingerprint density at radius 2 is 2.19 bits per heavy atom. The molecule has 2 unspecified atom stereocenters. The Bertz CT molecular complexity index is 286. The summed E-state index contributed by atoms with van der Waals surface area (Å²) in [7, 11) is 0. The fourth-order valence-corrected chi connectivity index (χ4v) is 1.35. The van der Waals surface area contributed by atoms with Crippen molar-refractivity contribution in [2.45, 2.75) is 25.6 Å². The predicted molar refractivity (Wildman–Crippen MR) is 49.7 cm³/mol. The Balaban J connectivity index is 2.25. The number of carbonyl (C=O) groups is 1. The van der Waals surface area contributed by atoms with Gasteiger partial charge in [0, 0.05) is 11.5 Å². The van der Waals surface area contributed by atoms with Gasteiger partial charge in [-0.05, 0) is 13.3 Å². The van der Waals surface area contributed by atoms with Gasteiger partial charge in [0.25, 0.3) is 0 Å². The molecule has 0 aromatic heterocycles. The Morgan fingerprint density at radius 3 is 2.56 bits per heavy atom. The first-order valence-corrected chi connectivity index (χ1v) is 4.83. The molecule has 1 aliphatic heterocycles. The zero-order valence-electron chi connectivity index (χ0n) is 8.84. The number of alkyl halides is 3. The molecule has 2 atom stereocenters. The molecule has 0 amide bonds. The number of halogens is 3. The van der Waals surface area contributed by atoms with Gasteiger partial charge in [0.1, 0.15) is 0 Å². The molecule has 0 aromatic rings. The summed E-state index contributed by atoms with van der Waals surface area (Å²) in [5.74, 6) is -1.19. The first kappa shape index (κ1) is 13.0. The Labute approximate surface area is 91.2 Å². The van der Waals surface area contributed by atoms with Gasteiger partial charge in [0.05, 0.1) is 13.2 Å². The van der Waals surface area contributed by atoms with Gasteiger partial charge in [-0.1, -0.05) is 6.58 Å². The van der Waals surface area contributed by atoms with E-state index in [9.17, 15) is 18.0 Å². The van der Waals surface area contributed by atoms with Crippen molar-refractivity contribution in [2.75, 3.05) is 13.2 Å². The van der Waals surface area contributed by atoms with Crippen molar-refractivity contribution in [1.29, 1.82) is 0 Å². The third-order valence-corrected chi connectivity index (χ3v) is 2.31. The topological polar surface area (TPSA) is 35.5 Å². The quantitative estimate of drug-likeness (QED) is 0.555. The zero-order chi connectivity index (χ0) is 12.3. The van der Waals surface area contributed by atoms with E-state index < -0.39 is 24.2 Å². The lowest BCUT2D eigenvalue weighted by atomic mass is 9.94. The van der Waals surface area contributed by atoms with E-state index in [-0.39, 0.29) is 25.2 Å². The molecule has 92 valence electrons. The number of hydrogen-bond donors (Lipinski definition) is 0. The van der Waals surface area contributed by atoms with E-state index in [1.54, 1.807) is 0 Å². The lowest BCUT2D eigenvalue weighted by molar-refractivity contribution is -0.289. The third kappa shape index (κ3) is 3.23. The van der Waals surface area contributed by atoms with Crippen LogP contribution in [0.15, 0.2) is 12.2 Å². The van der Waals surface area contributed by atoms with Crippen LogP contribution in [0.2, 0.25) is 0 Å². The van der Waals surface area contributed by atoms with Gasteiger partial charge in [-0.3, -0.25) is 0 Å².